The molecular formula is C19H22O2. The van der Waals surface area contributed by atoms with Crippen molar-refractivity contribution in [3.8, 4) is 5.75 Å². The number of ketones is 1. The lowest BCUT2D eigenvalue weighted by Gasteiger charge is -2.10. The predicted molar refractivity (Wildman–Crippen MR) is 86.2 cm³/mol. The molecule has 2 rings (SSSR count). The van der Waals surface area contributed by atoms with Gasteiger partial charge < -0.3 is 4.74 Å². The summed E-state index contributed by atoms with van der Waals surface area (Å²) >= 11 is 0. The normalized spacial score (nSPS) is 10.4. The minimum absolute atomic E-state index is 0.103. The Balaban J connectivity index is 2.20. The molecule has 0 heterocycles. The Kier molecular flexibility index (Phi) is 5.15. The molecule has 21 heavy (non-hydrogen) atoms. The molecular weight excluding hydrogens is 260 g/mol. The second kappa shape index (κ2) is 7.07. The molecule has 0 unspecified atom stereocenters. The number of hydrogen-bond donors (Lipinski definition) is 0. The second-order valence-electron chi connectivity index (χ2n) is 5.44. The fraction of sp³-hybridized carbons (Fsp3) is 0.316. The predicted octanol–water partition coefficient (Wildman–Crippen LogP) is 4.52. The van der Waals surface area contributed by atoms with Crippen molar-refractivity contribution in [2.75, 3.05) is 6.61 Å². The van der Waals surface area contributed by atoms with E-state index in [2.05, 4.69) is 39.0 Å². The van der Waals surface area contributed by atoms with Crippen molar-refractivity contribution in [2.24, 2.45) is 0 Å². The number of benzene rings is 2. The highest BCUT2D eigenvalue weighted by Crippen LogP contribution is 2.21. The first kappa shape index (κ1) is 15.3. The van der Waals surface area contributed by atoms with Crippen LogP contribution in [-0.2, 0) is 6.42 Å². The fourth-order valence-corrected chi connectivity index (χ4v) is 2.49. The molecule has 2 nitrogen and oxygen atoms in total. The Morgan fingerprint density at radius 3 is 2.38 bits per heavy atom. The van der Waals surface area contributed by atoms with Crippen molar-refractivity contribution >= 4 is 5.78 Å². The van der Waals surface area contributed by atoms with Gasteiger partial charge >= 0.3 is 0 Å². The highest BCUT2D eigenvalue weighted by molar-refractivity contribution is 6.00. The van der Waals surface area contributed by atoms with Gasteiger partial charge in [0.05, 0.1) is 12.2 Å². The molecule has 2 aromatic rings. The Bertz CT molecular complexity index is 609. The van der Waals surface area contributed by atoms with Crippen LogP contribution in [0.4, 0.5) is 0 Å². The van der Waals surface area contributed by atoms with Crippen LogP contribution in [0.3, 0.4) is 0 Å². The van der Waals surface area contributed by atoms with Crippen LogP contribution in [-0.4, -0.2) is 12.4 Å². The average Bonchev–Trinajstić information content (AvgIpc) is 2.44. The van der Waals surface area contributed by atoms with Crippen LogP contribution < -0.4 is 4.74 Å². The molecule has 0 N–H and O–H groups in total. The summed E-state index contributed by atoms with van der Waals surface area (Å²) in [7, 11) is 0. The van der Waals surface area contributed by atoms with Crippen LogP contribution in [0.25, 0.3) is 0 Å². The van der Waals surface area contributed by atoms with E-state index in [0.717, 1.165) is 12.0 Å². The van der Waals surface area contributed by atoms with Gasteiger partial charge in [-0.15, -0.1) is 0 Å². The lowest BCUT2D eigenvalue weighted by atomic mass is 9.99. The van der Waals surface area contributed by atoms with Crippen molar-refractivity contribution in [3.63, 3.8) is 0 Å². The van der Waals surface area contributed by atoms with E-state index in [1.165, 1.54) is 11.1 Å². The van der Waals surface area contributed by atoms with Gasteiger partial charge in [0.25, 0.3) is 0 Å². The maximum absolute atomic E-state index is 12.5. The van der Waals surface area contributed by atoms with E-state index in [1.54, 1.807) is 0 Å². The minimum Gasteiger partial charge on any atom is -0.493 e. The van der Waals surface area contributed by atoms with E-state index in [-0.39, 0.29) is 5.78 Å². The molecule has 0 radical (unpaired) electrons. The van der Waals surface area contributed by atoms with E-state index in [1.807, 2.05) is 24.3 Å². The highest BCUT2D eigenvalue weighted by atomic mass is 16.5. The third-order valence-corrected chi connectivity index (χ3v) is 3.30. The van der Waals surface area contributed by atoms with Crippen LogP contribution in [0.2, 0.25) is 0 Å². The monoisotopic (exact) mass is 282 g/mol. The van der Waals surface area contributed by atoms with E-state index >= 15 is 0 Å². The van der Waals surface area contributed by atoms with Gasteiger partial charge in [0.1, 0.15) is 5.75 Å². The summed E-state index contributed by atoms with van der Waals surface area (Å²) in [4.78, 5) is 12.5. The quantitative estimate of drug-likeness (QED) is 0.728. The summed E-state index contributed by atoms with van der Waals surface area (Å²) in [5.74, 6) is 0.792. The molecule has 0 aliphatic rings. The van der Waals surface area contributed by atoms with E-state index in [9.17, 15) is 4.79 Å². The van der Waals surface area contributed by atoms with Gasteiger partial charge in [-0.1, -0.05) is 48.4 Å². The molecule has 2 heteroatoms. The average molecular weight is 282 g/mol. The van der Waals surface area contributed by atoms with Gasteiger partial charge in [0.15, 0.2) is 5.78 Å². The molecule has 0 amide bonds. The smallest absolute Gasteiger partial charge is 0.170 e. The third-order valence-electron chi connectivity index (χ3n) is 3.30. The minimum atomic E-state index is 0.103. The maximum atomic E-state index is 12.5. The molecule has 0 atom stereocenters. The van der Waals surface area contributed by atoms with Gasteiger partial charge in [-0.05, 0) is 38.0 Å². The van der Waals surface area contributed by atoms with Gasteiger partial charge in [-0.2, -0.15) is 0 Å². The molecule has 0 spiro atoms. The molecule has 0 fully saturated rings. The summed E-state index contributed by atoms with van der Waals surface area (Å²) in [6.45, 7) is 6.80. The number of Topliss-reactive ketones (excluding diaryl/α,β-unsaturated/α-hetero) is 1. The third kappa shape index (κ3) is 4.19. The summed E-state index contributed by atoms with van der Waals surface area (Å²) in [5.41, 5.74) is 4.11. The standard InChI is InChI=1S/C19H22O2/c1-4-9-21-19-8-6-5-7-17(19)18(20)13-16-11-14(2)10-15(3)12-16/h5-8,10-12H,4,9,13H2,1-3H3. The van der Waals surface area contributed by atoms with Crippen molar-refractivity contribution in [1.29, 1.82) is 0 Å². The Labute approximate surface area is 126 Å². The SMILES string of the molecule is CCCOc1ccccc1C(=O)Cc1cc(C)cc(C)c1. The lowest BCUT2D eigenvalue weighted by Crippen LogP contribution is -2.07. The molecule has 0 saturated carbocycles. The Hall–Kier alpha value is -2.09. The number of rotatable bonds is 6. The number of ether oxygens (including phenoxy) is 1. The largest absolute Gasteiger partial charge is 0.493 e. The van der Waals surface area contributed by atoms with Crippen LogP contribution in [0.1, 0.15) is 40.4 Å². The Morgan fingerprint density at radius 1 is 1.05 bits per heavy atom. The van der Waals surface area contributed by atoms with Crippen molar-refractivity contribution in [3.05, 3.63) is 64.7 Å². The van der Waals surface area contributed by atoms with E-state index < -0.39 is 0 Å². The topological polar surface area (TPSA) is 26.3 Å². The van der Waals surface area contributed by atoms with Gasteiger partial charge in [-0.25, -0.2) is 0 Å². The zero-order chi connectivity index (χ0) is 15.2. The summed E-state index contributed by atoms with van der Waals surface area (Å²) < 4.78 is 5.67. The summed E-state index contributed by atoms with van der Waals surface area (Å²) in [5, 5.41) is 0. The summed E-state index contributed by atoms with van der Waals surface area (Å²) in [6, 6.07) is 13.7. The Morgan fingerprint density at radius 2 is 1.71 bits per heavy atom. The first-order chi connectivity index (χ1) is 10.1. The second-order valence-corrected chi connectivity index (χ2v) is 5.44. The fourth-order valence-electron chi connectivity index (χ4n) is 2.49. The zero-order valence-electron chi connectivity index (χ0n) is 13.0. The van der Waals surface area contributed by atoms with Crippen molar-refractivity contribution in [2.45, 2.75) is 33.6 Å². The summed E-state index contributed by atoms with van der Waals surface area (Å²) in [6.07, 6.45) is 1.34. The number of aryl methyl sites for hydroxylation is 2. The molecule has 0 aromatic heterocycles. The number of para-hydroxylation sites is 1. The molecule has 2 aromatic carbocycles. The molecule has 110 valence electrons. The number of carbonyl (C=O) groups excluding carboxylic acids is 1. The highest BCUT2D eigenvalue weighted by Gasteiger charge is 2.13. The first-order valence-electron chi connectivity index (χ1n) is 7.42. The van der Waals surface area contributed by atoms with Crippen LogP contribution >= 0.6 is 0 Å². The van der Waals surface area contributed by atoms with Gasteiger partial charge in [-0.3, -0.25) is 4.79 Å². The maximum Gasteiger partial charge on any atom is 0.170 e. The zero-order valence-corrected chi connectivity index (χ0v) is 13.0. The van der Waals surface area contributed by atoms with Crippen LogP contribution in [0, 0.1) is 13.8 Å². The number of carbonyl (C=O) groups is 1. The van der Waals surface area contributed by atoms with Crippen molar-refractivity contribution in [1.82, 2.24) is 0 Å². The van der Waals surface area contributed by atoms with Crippen LogP contribution in [0.15, 0.2) is 42.5 Å². The first-order valence-corrected chi connectivity index (χ1v) is 7.42. The molecule has 0 saturated heterocycles. The van der Waals surface area contributed by atoms with Gasteiger partial charge in [0.2, 0.25) is 0 Å². The van der Waals surface area contributed by atoms with Gasteiger partial charge in [0, 0.05) is 6.42 Å². The van der Waals surface area contributed by atoms with E-state index in [4.69, 9.17) is 4.74 Å². The molecule has 0 aliphatic heterocycles. The van der Waals surface area contributed by atoms with Crippen molar-refractivity contribution < 1.29 is 9.53 Å². The molecule has 0 bridgehead atoms. The molecule has 0 aliphatic carbocycles. The number of hydrogen-bond acceptors (Lipinski definition) is 2. The van der Waals surface area contributed by atoms with Crippen LogP contribution in [0.5, 0.6) is 5.75 Å². The van der Waals surface area contributed by atoms with E-state index in [0.29, 0.717) is 24.3 Å². The lowest BCUT2D eigenvalue weighted by molar-refractivity contribution is 0.0989.